The maximum absolute atomic E-state index is 13.8. The molecule has 6 nitrogen and oxygen atoms in total. The normalized spacial score (nSPS) is 17.1. The van der Waals surface area contributed by atoms with Crippen molar-refractivity contribution in [3.63, 3.8) is 0 Å². The van der Waals surface area contributed by atoms with Gasteiger partial charge in [-0.1, -0.05) is 12.1 Å². The van der Waals surface area contributed by atoms with Crippen LogP contribution in [0.15, 0.2) is 29.2 Å². The van der Waals surface area contributed by atoms with Gasteiger partial charge in [-0.3, -0.25) is 9.59 Å². The van der Waals surface area contributed by atoms with Crippen molar-refractivity contribution in [3.8, 4) is 0 Å². The van der Waals surface area contributed by atoms with Crippen molar-refractivity contribution in [1.29, 1.82) is 0 Å². The molecular formula is C19H15F5N2O4S. The van der Waals surface area contributed by atoms with Crippen LogP contribution in [-0.4, -0.2) is 31.5 Å². The van der Waals surface area contributed by atoms with Crippen molar-refractivity contribution in [2.45, 2.75) is 29.9 Å². The van der Waals surface area contributed by atoms with Gasteiger partial charge in [-0.05, 0) is 26.0 Å². The summed E-state index contributed by atoms with van der Waals surface area (Å²) in [6, 6.07) is 5.32. The Kier molecular flexibility index (Phi) is 5.55. The lowest BCUT2D eigenvalue weighted by Crippen LogP contribution is -2.40. The van der Waals surface area contributed by atoms with Crippen LogP contribution in [-0.2, 0) is 19.4 Å². The first-order chi connectivity index (χ1) is 14.3. The Bertz CT molecular complexity index is 1190. The molecule has 1 N–H and O–H groups in total. The number of anilines is 2. The van der Waals surface area contributed by atoms with Gasteiger partial charge in [-0.2, -0.15) is 0 Å². The topological polar surface area (TPSA) is 83.6 Å². The minimum absolute atomic E-state index is 0.148. The second-order valence-corrected chi connectivity index (χ2v) is 9.93. The Labute approximate surface area is 173 Å². The van der Waals surface area contributed by atoms with Gasteiger partial charge in [0.05, 0.1) is 15.3 Å². The van der Waals surface area contributed by atoms with E-state index < -0.39 is 74.1 Å². The smallest absolute Gasteiger partial charge is 0.244 e. The highest BCUT2D eigenvalue weighted by Crippen LogP contribution is 2.38. The van der Waals surface area contributed by atoms with E-state index in [4.69, 9.17) is 0 Å². The number of para-hydroxylation sites is 1. The summed E-state index contributed by atoms with van der Waals surface area (Å²) in [7, 11) is -4.00. The summed E-state index contributed by atoms with van der Waals surface area (Å²) in [5.74, 6) is -13.5. The van der Waals surface area contributed by atoms with E-state index in [-0.39, 0.29) is 10.6 Å². The van der Waals surface area contributed by atoms with E-state index in [0.29, 0.717) is 0 Å². The fraction of sp³-hybridized carbons (Fsp3) is 0.263. The Balaban J connectivity index is 2.00. The molecule has 166 valence electrons. The summed E-state index contributed by atoms with van der Waals surface area (Å²) in [6.07, 6.45) is -0.514. The quantitative estimate of drug-likeness (QED) is 0.431. The summed E-state index contributed by atoms with van der Waals surface area (Å²) < 4.78 is 91.8. The van der Waals surface area contributed by atoms with Crippen LogP contribution >= 0.6 is 0 Å². The van der Waals surface area contributed by atoms with Gasteiger partial charge in [0.1, 0.15) is 12.2 Å². The average molecular weight is 462 g/mol. The van der Waals surface area contributed by atoms with Gasteiger partial charge in [-0.25, -0.2) is 30.4 Å². The van der Waals surface area contributed by atoms with Gasteiger partial charge in [0.25, 0.3) is 0 Å². The van der Waals surface area contributed by atoms with Gasteiger partial charge >= 0.3 is 0 Å². The number of nitrogens with zero attached hydrogens (tertiary/aromatic N) is 1. The molecule has 1 aliphatic heterocycles. The molecule has 0 radical (unpaired) electrons. The van der Waals surface area contributed by atoms with Gasteiger partial charge in [-0.15, -0.1) is 0 Å². The molecule has 0 spiro atoms. The largest absolute Gasteiger partial charge is 0.319 e. The molecule has 0 atom stereocenters. The molecule has 1 aliphatic rings. The summed E-state index contributed by atoms with van der Waals surface area (Å²) in [5.41, 5.74) is -1.73. The lowest BCUT2D eigenvalue weighted by Gasteiger charge is -2.22. The molecule has 2 amide bonds. The van der Waals surface area contributed by atoms with E-state index in [9.17, 15) is 40.0 Å². The number of nitrogens with one attached hydrogen (secondary N) is 1. The molecule has 31 heavy (non-hydrogen) atoms. The number of benzene rings is 2. The minimum Gasteiger partial charge on any atom is -0.319 e. The lowest BCUT2D eigenvalue weighted by molar-refractivity contribution is -0.121. The average Bonchev–Trinajstić information content (AvgIpc) is 2.76. The van der Waals surface area contributed by atoms with Crippen molar-refractivity contribution < 1.29 is 40.0 Å². The predicted molar refractivity (Wildman–Crippen MR) is 99.5 cm³/mol. The van der Waals surface area contributed by atoms with E-state index in [2.05, 4.69) is 0 Å². The summed E-state index contributed by atoms with van der Waals surface area (Å²) in [5, 5.41) is 1.57. The number of carbonyl (C=O) groups is 2. The zero-order chi connectivity index (χ0) is 23.3. The highest BCUT2D eigenvalue weighted by atomic mass is 32.2. The second kappa shape index (κ2) is 7.59. The van der Waals surface area contributed by atoms with Crippen molar-refractivity contribution in [2.75, 3.05) is 16.8 Å². The molecule has 0 saturated heterocycles. The lowest BCUT2D eigenvalue weighted by atomic mass is 10.1. The third-order valence-corrected chi connectivity index (χ3v) is 7.35. The molecule has 1 heterocycles. The number of amides is 2. The molecule has 12 heteroatoms. The Morgan fingerprint density at radius 1 is 1.00 bits per heavy atom. The van der Waals surface area contributed by atoms with Gasteiger partial charge in [0, 0.05) is 6.42 Å². The van der Waals surface area contributed by atoms with Crippen LogP contribution < -0.4 is 10.2 Å². The summed E-state index contributed by atoms with van der Waals surface area (Å²) in [6.45, 7) is 1.73. The van der Waals surface area contributed by atoms with Crippen molar-refractivity contribution in [3.05, 3.63) is 53.4 Å². The first-order valence-corrected chi connectivity index (χ1v) is 10.2. The monoisotopic (exact) mass is 462 g/mol. The fourth-order valence-corrected chi connectivity index (χ4v) is 4.72. The van der Waals surface area contributed by atoms with Crippen molar-refractivity contribution >= 4 is 33.0 Å². The van der Waals surface area contributed by atoms with Crippen molar-refractivity contribution in [2.24, 2.45) is 0 Å². The Morgan fingerprint density at radius 2 is 1.52 bits per heavy atom. The molecule has 0 aromatic heterocycles. The molecule has 2 aromatic carbocycles. The zero-order valence-electron chi connectivity index (χ0n) is 16.1. The van der Waals surface area contributed by atoms with E-state index in [1.807, 2.05) is 0 Å². The molecule has 0 fully saturated rings. The number of fused-ring (bicyclic) bond motifs is 1. The third-order valence-electron chi connectivity index (χ3n) is 4.83. The third kappa shape index (κ3) is 3.64. The predicted octanol–water partition coefficient (Wildman–Crippen LogP) is 3.31. The molecule has 0 unspecified atom stereocenters. The molecule has 0 saturated carbocycles. The van der Waals surface area contributed by atoms with E-state index >= 15 is 0 Å². The maximum Gasteiger partial charge on any atom is 0.244 e. The van der Waals surface area contributed by atoms with Crippen LogP contribution in [0.25, 0.3) is 0 Å². The van der Waals surface area contributed by atoms with E-state index in [0.717, 1.165) is 4.90 Å². The maximum atomic E-state index is 13.8. The van der Waals surface area contributed by atoms with Crippen molar-refractivity contribution in [1.82, 2.24) is 0 Å². The molecule has 0 bridgehead atoms. The van der Waals surface area contributed by atoms with Crippen LogP contribution in [0.3, 0.4) is 0 Å². The number of rotatable bonds is 3. The number of sulfone groups is 1. The highest BCUT2D eigenvalue weighted by molar-refractivity contribution is 7.93. The zero-order valence-corrected chi connectivity index (χ0v) is 16.9. The number of hydrogen-bond acceptors (Lipinski definition) is 4. The van der Waals surface area contributed by atoms with E-state index in [1.54, 1.807) is 5.32 Å². The second-order valence-electron chi connectivity index (χ2n) is 7.38. The Hall–Kier alpha value is -3.02. The summed E-state index contributed by atoms with van der Waals surface area (Å²) >= 11 is 0. The standard InChI is InChI=1S/C19H15F5N2O4S/c1-19(2)7-12(28)26(9-5-3-4-6-10(9)31(19,29)30)8-11(27)25-18-16(23)14(21)13(20)15(22)17(18)24/h3-6H,7-8H2,1-2H3,(H,25,27). The number of carbonyl (C=O) groups excluding carboxylic acids is 2. The first kappa shape index (κ1) is 22.7. The fourth-order valence-electron chi connectivity index (χ4n) is 3.10. The first-order valence-electron chi connectivity index (χ1n) is 8.75. The van der Waals surface area contributed by atoms with Crippen LogP contribution in [0.4, 0.5) is 33.3 Å². The highest BCUT2D eigenvalue weighted by Gasteiger charge is 2.44. The van der Waals surface area contributed by atoms with Gasteiger partial charge in [0.15, 0.2) is 33.1 Å². The minimum atomic E-state index is -4.00. The number of hydrogen-bond donors (Lipinski definition) is 1. The van der Waals surface area contributed by atoms with E-state index in [1.165, 1.54) is 38.1 Å². The summed E-state index contributed by atoms with van der Waals surface area (Å²) in [4.78, 5) is 25.6. The van der Waals surface area contributed by atoms with Crippen LogP contribution in [0.5, 0.6) is 0 Å². The van der Waals surface area contributed by atoms with Crippen LogP contribution in [0.2, 0.25) is 0 Å². The molecule has 0 aliphatic carbocycles. The SMILES string of the molecule is CC1(C)CC(=O)N(CC(=O)Nc2c(F)c(F)c(F)c(F)c2F)c2ccccc2S1(=O)=O. The van der Waals surface area contributed by atoms with Crippen LogP contribution in [0.1, 0.15) is 20.3 Å². The van der Waals surface area contributed by atoms with Crippen LogP contribution in [0, 0.1) is 29.1 Å². The van der Waals surface area contributed by atoms with Gasteiger partial charge in [0.2, 0.25) is 17.6 Å². The number of halogens is 5. The molecule has 3 rings (SSSR count). The van der Waals surface area contributed by atoms with Gasteiger partial charge < -0.3 is 10.2 Å². The molecular weight excluding hydrogens is 447 g/mol. The molecule has 2 aromatic rings. The Morgan fingerprint density at radius 3 is 2.10 bits per heavy atom.